The molecule has 0 aliphatic carbocycles. The third-order valence-corrected chi connectivity index (χ3v) is 11.5. The van der Waals surface area contributed by atoms with E-state index < -0.39 is 11.6 Å². The summed E-state index contributed by atoms with van der Waals surface area (Å²) in [5, 5.41) is 19.3. The van der Waals surface area contributed by atoms with Crippen molar-refractivity contribution in [1.82, 2.24) is 19.9 Å². The minimum Gasteiger partial charge on any atom is -0.493 e. The molecule has 3 aliphatic heterocycles. The number of ether oxygens (including phenoxy) is 1. The first kappa shape index (κ1) is 40.6. The van der Waals surface area contributed by atoms with Crippen LogP contribution in [0.3, 0.4) is 0 Å². The van der Waals surface area contributed by atoms with E-state index in [4.69, 9.17) is 19.8 Å². The number of aliphatic hydroxyl groups is 1. The first-order valence-corrected chi connectivity index (χ1v) is 20.5. The molecule has 1 fully saturated rings. The third-order valence-electron chi connectivity index (χ3n) is 10.4. The molecule has 5 heterocycles. The number of carbonyl (C=O) groups is 1. The minimum absolute atomic E-state index is 0.0431. The Morgan fingerprint density at radius 3 is 2.51 bits per heavy atom. The van der Waals surface area contributed by atoms with Gasteiger partial charge in [-0.3, -0.25) is 14.7 Å². The average molecular weight is 744 g/mol. The Hall–Kier alpha value is -3.60. The highest BCUT2D eigenvalue weighted by Gasteiger charge is 2.31. The van der Waals surface area contributed by atoms with Gasteiger partial charge in [0, 0.05) is 37.3 Å². The van der Waals surface area contributed by atoms with Crippen molar-refractivity contribution in [2.45, 2.75) is 131 Å². The number of rotatable bonds is 3. The van der Waals surface area contributed by atoms with Crippen LogP contribution in [-0.2, 0) is 11.2 Å². The molecule has 0 spiro atoms. The monoisotopic (exact) mass is 743 g/mol. The van der Waals surface area contributed by atoms with E-state index >= 15 is 0 Å². The first-order chi connectivity index (χ1) is 25.2. The maximum Gasteiger partial charge on any atom is 0.307 e. The molecule has 10 heteroatoms. The van der Waals surface area contributed by atoms with Crippen molar-refractivity contribution in [3.05, 3.63) is 53.3 Å². The number of aromatic nitrogens is 3. The largest absolute Gasteiger partial charge is 0.493 e. The van der Waals surface area contributed by atoms with Crippen LogP contribution in [0.1, 0.15) is 117 Å². The number of hydrogen-bond acceptors (Lipinski definition) is 9. The third kappa shape index (κ3) is 10.1. The molecule has 0 radical (unpaired) electrons. The number of nitrogens with zero attached hydrogens (tertiary/aromatic N) is 5. The molecule has 2 aromatic carbocycles. The van der Waals surface area contributed by atoms with Crippen LogP contribution in [0.5, 0.6) is 5.75 Å². The Labute approximate surface area is 320 Å². The zero-order valence-corrected chi connectivity index (χ0v) is 34.2. The maximum absolute atomic E-state index is 12.1. The zero-order chi connectivity index (χ0) is 38.4. The second kappa shape index (κ2) is 17.7. The lowest BCUT2D eigenvalue weighted by atomic mass is 9.84. The van der Waals surface area contributed by atoms with Gasteiger partial charge in [0.05, 0.1) is 41.2 Å². The topological polar surface area (TPSA) is 112 Å². The summed E-state index contributed by atoms with van der Waals surface area (Å²) < 4.78 is 7.14. The van der Waals surface area contributed by atoms with E-state index in [0.29, 0.717) is 23.9 Å². The van der Waals surface area contributed by atoms with Crippen LogP contribution in [0.15, 0.2) is 36.7 Å². The summed E-state index contributed by atoms with van der Waals surface area (Å²) in [4.78, 5) is 32.2. The van der Waals surface area contributed by atoms with E-state index in [0.717, 1.165) is 100 Å². The summed E-state index contributed by atoms with van der Waals surface area (Å²) in [6.07, 6.45) is 10.6. The summed E-state index contributed by atoms with van der Waals surface area (Å²) >= 11 is 1.59. The van der Waals surface area contributed by atoms with E-state index in [2.05, 4.69) is 53.8 Å². The van der Waals surface area contributed by atoms with E-state index in [-0.39, 0.29) is 6.42 Å². The van der Waals surface area contributed by atoms with Gasteiger partial charge in [-0.15, -0.1) is 11.3 Å². The van der Waals surface area contributed by atoms with Gasteiger partial charge in [-0.2, -0.15) is 0 Å². The zero-order valence-electron chi connectivity index (χ0n) is 33.4. The molecular formula is C43H61N5O4S. The summed E-state index contributed by atoms with van der Waals surface area (Å²) in [5.74, 6) is 2.10. The number of thiazole rings is 1. The molecule has 7 rings (SSSR count). The quantitative estimate of drug-likeness (QED) is 0.212. The smallest absolute Gasteiger partial charge is 0.307 e. The number of piperazine rings is 1. The molecule has 9 nitrogen and oxygen atoms in total. The highest BCUT2D eigenvalue weighted by molar-refractivity contribution is 7.22. The van der Waals surface area contributed by atoms with Crippen LogP contribution in [-0.4, -0.2) is 80.0 Å². The number of aryl methyl sites for hydroxylation is 1. The fourth-order valence-electron chi connectivity index (χ4n) is 7.86. The van der Waals surface area contributed by atoms with Crippen LogP contribution in [0, 0.1) is 12.8 Å². The molecule has 3 unspecified atom stereocenters. The highest BCUT2D eigenvalue weighted by atomic mass is 32.1. The number of anilines is 1. The second-order valence-electron chi connectivity index (χ2n) is 16.1. The molecule has 3 atom stereocenters. The minimum atomic E-state index is -0.835. The van der Waals surface area contributed by atoms with Crippen molar-refractivity contribution >= 4 is 33.3 Å². The Bertz CT molecular complexity index is 1840. The fourth-order valence-corrected chi connectivity index (χ4v) is 8.96. The highest BCUT2D eigenvalue weighted by Crippen LogP contribution is 2.45. The average Bonchev–Trinajstić information content (AvgIpc) is 3.53. The van der Waals surface area contributed by atoms with E-state index in [1.165, 1.54) is 24.8 Å². The molecule has 2 N–H and O–H groups in total. The lowest BCUT2D eigenvalue weighted by Crippen LogP contribution is -2.55. The van der Waals surface area contributed by atoms with Gasteiger partial charge in [0.2, 0.25) is 0 Å². The van der Waals surface area contributed by atoms with Gasteiger partial charge >= 0.3 is 5.97 Å². The maximum atomic E-state index is 12.1. The Kier molecular flexibility index (Phi) is 13.5. The van der Waals surface area contributed by atoms with Crippen LogP contribution < -0.4 is 9.64 Å². The Morgan fingerprint density at radius 2 is 1.79 bits per heavy atom. The van der Waals surface area contributed by atoms with Crippen molar-refractivity contribution in [2.24, 2.45) is 5.92 Å². The molecule has 4 aromatic rings. The lowest BCUT2D eigenvalue weighted by Gasteiger charge is -2.44. The number of hydrogen-bond donors (Lipinski definition) is 2. The van der Waals surface area contributed by atoms with Crippen molar-refractivity contribution in [3.8, 4) is 27.6 Å². The van der Waals surface area contributed by atoms with E-state index in [9.17, 15) is 9.90 Å². The normalized spacial score (nSPS) is 20.5. The van der Waals surface area contributed by atoms with E-state index in [1.54, 1.807) is 32.1 Å². The molecule has 2 aromatic heterocycles. The molecular weight excluding hydrogens is 683 g/mol. The van der Waals surface area contributed by atoms with Gasteiger partial charge in [0.15, 0.2) is 0 Å². The van der Waals surface area contributed by atoms with Gasteiger partial charge in [-0.1, -0.05) is 46.1 Å². The summed E-state index contributed by atoms with van der Waals surface area (Å²) in [6, 6.07) is 9.39. The number of carboxylic acids is 1. The van der Waals surface area contributed by atoms with Crippen LogP contribution in [0.4, 0.5) is 5.82 Å². The molecule has 0 saturated carbocycles. The van der Waals surface area contributed by atoms with Gasteiger partial charge in [0.1, 0.15) is 22.3 Å². The Balaban J connectivity index is 0.000000715. The first-order valence-electron chi connectivity index (χ1n) is 19.7. The predicted molar refractivity (Wildman–Crippen MR) is 218 cm³/mol. The standard InChI is InChI=1S/C37H45N5O3S.C4H10O.C2H6/c1-22(2)41-12-13-42-27(21-41)15-23(3)7-5-6-8-25-11-14-45-32-10-9-26(17-29(25)32)35-28(18-34(43)44)24(4)16-30-36(35)46-37(40-30)31-19-38-20-33(42)39-31;1-4(2,3)5;1-2/h9-10,16-17,19-20,22-23,25,27H,5-8,11-15,18,21H2,1-4H3,(H,43,44);5H,1-3H3;1-2H3. The number of fused-ring (bicyclic) bond motifs is 8. The van der Waals surface area contributed by atoms with Crippen molar-refractivity contribution < 1.29 is 19.7 Å². The fraction of sp³-hybridized carbons (Fsp3) is 0.581. The molecule has 3 aliphatic rings. The van der Waals surface area contributed by atoms with Gasteiger partial charge in [-0.25, -0.2) is 9.97 Å². The lowest BCUT2D eigenvalue weighted by molar-refractivity contribution is -0.136. The Morgan fingerprint density at radius 1 is 1.06 bits per heavy atom. The molecule has 288 valence electrons. The van der Waals surface area contributed by atoms with Crippen LogP contribution in [0.25, 0.3) is 32.0 Å². The summed E-state index contributed by atoms with van der Waals surface area (Å²) in [5.41, 5.74) is 6.16. The van der Waals surface area contributed by atoms with Crippen LogP contribution in [0.2, 0.25) is 0 Å². The second-order valence-corrected chi connectivity index (χ2v) is 17.1. The molecule has 6 bridgehead atoms. The van der Waals surface area contributed by atoms with Crippen molar-refractivity contribution in [1.29, 1.82) is 0 Å². The van der Waals surface area contributed by atoms with Gasteiger partial charge in [0.25, 0.3) is 0 Å². The predicted octanol–water partition coefficient (Wildman–Crippen LogP) is 9.52. The van der Waals surface area contributed by atoms with Crippen LogP contribution >= 0.6 is 11.3 Å². The molecule has 53 heavy (non-hydrogen) atoms. The number of carboxylic acid groups (broad SMARTS) is 1. The number of benzene rings is 2. The molecule has 0 amide bonds. The van der Waals surface area contributed by atoms with Crippen molar-refractivity contribution in [2.75, 3.05) is 31.1 Å². The van der Waals surface area contributed by atoms with Gasteiger partial charge in [-0.05, 0) is 113 Å². The SMILES string of the molecule is CC.CC(C)(C)O.Cc1cc2nc3sc2c(c1CC(=O)O)-c1ccc2c(c1)C(CCCCC(C)CC1CN(C(C)C)CCN1c1cncc-3n1)CCO2. The van der Waals surface area contributed by atoms with Gasteiger partial charge < -0.3 is 19.8 Å². The summed E-state index contributed by atoms with van der Waals surface area (Å²) in [7, 11) is 0. The van der Waals surface area contributed by atoms with Crippen molar-refractivity contribution in [3.63, 3.8) is 0 Å². The number of aliphatic carboxylic acids is 1. The van der Waals surface area contributed by atoms with E-state index in [1.807, 2.05) is 39.2 Å². The summed E-state index contributed by atoms with van der Waals surface area (Å²) in [6.45, 7) is 22.0. The molecule has 1 saturated heterocycles.